The molecule has 2 saturated heterocycles. The summed E-state index contributed by atoms with van der Waals surface area (Å²) in [6, 6.07) is 7.57. The van der Waals surface area contributed by atoms with Crippen LogP contribution in [-0.4, -0.2) is 37.1 Å². The summed E-state index contributed by atoms with van der Waals surface area (Å²) in [5.41, 5.74) is 0.826. The Morgan fingerprint density at radius 3 is 3.00 bits per heavy atom. The Morgan fingerprint density at radius 1 is 1.48 bits per heavy atom. The van der Waals surface area contributed by atoms with Crippen LogP contribution in [0.3, 0.4) is 0 Å². The van der Waals surface area contributed by atoms with Crippen molar-refractivity contribution in [3.63, 3.8) is 0 Å². The number of amides is 2. The van der Waals surface area contributed by atoms with E-state index < -0.39 is 0 Å². The summed E-state index contributed by atoms with van der Waals surface area (Å²) in [5.74, 6) is -0.364. The van der Waals surface area contributed by atoms with Gasteiger partial charge in [-0.1, -0.05) is 22.0 Å². The molecule has 2 aliphatic heterocycles. The van der Waals surface area contributed by atoms with E-state index in [0.29, 0.717) is 6.54 Å². The van der Waals surface area contributed by atoms with Crippen molar-refractivity contribution in [2.45, 2.75) is 38.3 Å². The van der Waals surface area contributed by atoms with Crippen molar-refractivity contribution in [3.05, 3.63) is 28.7 Å². The van der Waals surface area contributed by atoms with Gasteiger partial charge >= 0.3 is 0 Å². The molecule has 2 amide bonds. The number of benzene rings is 1. The van der Waals surface area contributed by atoms with Crippen molar-refractivity contribution >= 4 is 33.4 Å². The minimum absolute atomic E-state index is 0.00646. The second-order valence-corrected chi connectivity index (χ2v) is 7.15. The second kappa shape index (κ2) is 7.01. The molecular weight excluding hydrogens is 360 g/mol. The largest absolute Gasteiger partial charge is 0.376 e. The quantitative estimate of drug-likeness (QED) is 0.872. The van der Waals surface area contributed by atoms with Crippen LogP contribution in [-0.2, 0) is 14.3 Å². The highest BCUT2D eigenvalue weighted by atomic mass is 79.9. The van der Waals surface area contributed by atoms with Gasteiger partial charge in [0.2, 0.25) is 11.8 Å². The summed E-state index contributed by atoms with van der Waals surface area (Å²) in [6.07, 6.45) is 2.38. The van der Waals surface area contributed by atoms with Crippen LogP contribution >= 0.6 is 15.9 Å². The maximum Gasteiger partial charge on any atom is 0.227 e. The van der Waals surface area contributed by atoms with E-state index >= 15 is 0 Å². The Bertz CT molecular complexity index is 601. The van der Waals surface area contributed by atoms with Gasteiger partial charge in [0.1, 0.15) is 0 Å². The van der Waals surface area contributed by atoms with Gasteiger partial charge < -0.3 is 15.0 Å². The molecule has 1 N–H and O–H groups in total. The van der Waals surface area contributed by atoms with Gasteiger partial charge in [-0.3, -0.25) is 9.59 Å². The number of ether oxygens (including phenoxy) is 1. The van der Waals surface area contributed by atoms with Crippen LogP contribution < -0.4 is 10.2 Å². The normalized spacial score (nSPS) is 25.7. The molecule has 1 aromatic carbocycles. The molecule has 0 bridgehead atoms. The molecule has 5 nitrogen and oxygen atoms in total. The lowest BCUT2D eigenvalue weighted by molar-refractivity contribution is -0.127. The zero-order valence-electron chi connectivity index (χ0n) is 13.1. The van der Waals surface area contributed by atoms with E-state index in [-0.39, 0.29) is 36.3 Å². The fraction of sp³-hybridized carbons (Fsp3) is 0.529. The molecule has 23 heavy (non-hydrogen) atoms. The Morgan fingerprint density at radius 2 is 2.30 bits per heavy atom. The fourth-order valence-electron chi connectivity index (χ4n) is 3.21. The molecule has 6 heteroatoms. The van der Waals surface area contributed by atoms with E-state index in [2.05, 4.69) is 21.2 Å². The van der Waals surface area contributed by atoms with Gasteiger partial charge in [-0.05, 0) is 38.0 Å². The van der Waals surface area contributed by atoms with Crippen molar-refractivity contribution in [3.8, 4) is 0 Å². The maximum atomic E-state index is 12.4. The minimum atomic E-state index is -0.301. The molecule has 0 saturated carbocycles. The van der Waals surface area contributed by atoms with E-state index in [9.17, 15) is 9.59 Å². The van der Waals surface area contributed by atoms with Crippen LogP contribution in [0.1, 0.15) is 26.2 Å². The van der Waals surface area contributed by atoms with Gasteiger partial charge in [0.25, 0.3) is 0 Å². The molecule has 3 rings (SSSR count). The highest BCUT2D eigenvalue weighted by molar-refractivity contribution is 9.10. The number of anilines is 1. The van der Waals surface area contributed by atoms with Crippen LogP contribution in [0.25, 0.3) is 0 Å². The third kappa shape index (κ3) is 3.75. The van der Waals surface area contributed by atoms with E-state index in [1.54, 1.807) is 4.90 Å². The Labute approximate surface area is 144 Å². The van der Waals surface area contributed by atoms with Gasteiger partial charge in [0, 0.05) is 29.7 Å². The van der Waals surface area contributed by atoms with Crippen molar-refractivity contribution in [1.82, 2.24) is 5.32 Å². The SMILES string of the molecule is CC(NC(=O)C1CC(=O)N(c2cccc(Br)c2)C1)C1CCCO1. The average molecular weight is 381 g/mol. The number of hydrogen-bond donors (Lipinski definition) is 1. The van der Waals surface area contributed by atoms with Crippen LogP contribution in [0.2, 0.25) is 0 Å². The predicted octanol–water partition coefficient (Wildman–Crippen LogP) is 2.49. The van der Waals surface area contributed by atoms with Gasteiger partial charge in [0.05, 0.1) is 18.1 Å². The second-order valence-electron chi connectivity index (χ2n) is 6.23. The third-order valence-electron chi connectivity index (χ3n) is 4.51. The minimum Gasteiger partial charge on any atom is -0.376 e. The van der Waals surface area contributed by atoms with E-state index in [1.807, 2.05) is 31.2 Å². The average Bonchev–Trinajstić information content (AvgIpc) is 3.16. The zero-order valence-corrected chi connectivity index (χ0v) is 14.7. The van der Waals surface area contributed by atoms with Gasteiger partial charge in [-0.15, -0.1) is 0 Å². The number of nitrogens with zero attached hydrogens (tertiary/aromatic N) is 1. The lowest BCUT2D eigenvalue weighted by atomic mass is 10.1. The summed E-state index contributed by atoms with van der Waals surface area (Å²) in [6.45, 7) is 3.17. The molecule has 3 unspecified atom stereocenters. The highest BCUT2D eigenvalue weighted by Gasteiger charge is 2.36. The van der Waals surface area contributed by atoms with Gasteiger partial charge in [0.15, 0.2) is 0 Å². The summed E-state index contributed by atoms with van der Waals surface area (Å²) >= 11 is 3.41. The lowest BCUT2D eigenvalue weighted by Crippen LogP contribution is -2.44. The lowest BCUT2D eigenvalue weighted by Gasteiger charge is -2.22. The topological polar surface area (TPSA) is 58.6 Å². The number of halogens is 1. The summed E-state index contributed by atoms with van der Waals surface area (Å²) < 4.78 is 6.52. The molecule has 0 spiro atoms. The van der Waals surface area contributed by atoms with Gasteiger partial charge in [-0.25, -0.2) is 0 Å². The van der Waals surface area contributed by atoms with E-state index in [0.717, 1.165) is 29.6 Å². The van der Waals surface area contributed by atoms with Crippen LogP contribution in [0.15, 0.2) is 28.7 Å². The number of carbonyl (C=O) groups is 2. The Balaban J connectivity index is 1.61. The summed E-state index contributed by atoms with van der Waals surface area (Å²) in [5, 5.41) is 3.02. The molecule has 0 aromatic heterocycles. The number of carbonyl (C=O) groups excluding carboxylic acids is 2. The van der Waals surface area contributed by atoms with E-state index in [1.165, 1.54) is 0 Å². The first-order valence-corrected chi connectivity index (χ1v) is 8.82. The van der Waals surface area contributed by atoms with Crippen LogP contribution in [0, 0.1) is 5.92 Å². The molecule has 2 aliphatic rings. The van der Waals surface area contributed by atoms with Crippen LogP contribution in [0.4, 0.5) is 5.69 Å². The molecule has 2 heterocycles. The molecule has 124 valence electrons. The summed E-state index contributed by atoms with van der Waals surface area (Å²) in [7, 11) is 0. The first-order chi connectivity index (χ1) is 11.0. The number of rotatable bonds is 4. The fourth-order valence-corrected chi connectivity index (χ4v) is 3.60. The van der Waals surface area contributed by atoms with Crippen molar-refractivity contribution in [2.75, 3.05) is 18.1 Å². The monoisotopic (exact) mass is 380 g/mol. The van der Waals surface area contributed by atoms with Crippen LogP contribution in [0.5, 0.6) is 0 Å². The number of hydrogen-bond acceptors (Lipinski definition) is 3. The number of nitrogens with one attached hydrogen (secondary N) is 1. The zero-order chi connectivity index (χ0) is 16.4. The maximum absolute atomic E-state index is 12.4. The third-order valence-corrected chi connectivity index (χ3v) is 5.00. The molecule has 2 fully saturated rings. The molecular formula is C17H21BrN2O3. The molecule has 0 radical (unpaired) electrons. The van der Waals surface area contributed by atoms with Crippen molar-refractivity contribution < 1.29 is 14.3 Å². The molecule has 3 atom stereocenters. The summed E-state index contributed by atoms with van der Waals surface area (Å²) in [4.78, 5) is 26.4. The van der Waals surface area contributed by atoms with Crippen molar-refractivity contribution in [2.24, 2.45) is 5.92 Å². The molecule has 1 aromatic rings. The molecule has 0 aliphatic carbocycles. The van der Waals surface area contributed by atoms with E-state index in [4.69, 9.17) is 4.74 Å². The van der Waals surface area contributed by atoms with Crippen molar-refractivity contribution in [1.29, 1.82) is 0 Å². The smallest absolute Gasteiger partial charge is 0.227 e. The first-order valence-electron chi connectivity index (χ1n) is 8.02. The standard InChI is InChI=1S/C17H21BrN2O3/c1-11(15-6-3-7-23-15)19-17(22)12-8-16(21)20(10-12)14-5-2-4-13(18)9-14/h2,4-5,9,11-12,15H,3,6-8,10H2,1H3,(H,19,22). The Hall–Kier alpha value is -1.40. The van der Waals surface area contributed by atoms with Gasteiger partial charge in [-0.2, -0.15) is 0 Å². The Kier molecular flexibility index (Phi) is 5.02. The predicted molar refractivity (Wildman–Crippen MR) is 91.2 cm³/mol. The first kappa shape index (κ1) is 16.5. The highest BCUT2D eigenvalue weighted by Crippen LogP contribution is 2.27.